The fraction of sp³-hybridized carbons (Fsp3) is 0.923. The van der Waals surface area contributed by atoms with Crippen molar-refractivity contribution in [3.63, 3.8) is 0 Å². The fourth-order valence-electron chi connectivity index (χ4n) is 1.42. The van der Waals surface area contributed by atoms with Crippen LogP contribution in [-0.4, -0.2) is 64.9 Å². The van der Waals surface area contributed by atoms with Crippen molar-refractivity contribution in [3.8, 4) is 0 Å². The number of nitrogens with zero attached hydrogens (tertiary/aromatic N) is 2. The van der Waals surface area contributed by atoms with Gasteiger partial charge in [-0.2, -0.15) is 0 Å². The molecule has 0 aliphatic carbocycles. The van der Waals surface area contributed by atoms with Crippen LogP contribution in [-0.2, 0) is 4.74 Å². The average molecular weight is 258 g/mol. The van der Waals surface area contributed by atoms with Crippen molar-refractivity contribution < 1.29 is 4.74 Å². The molecule has 2 N–H and O–H groups in total. The van der Waals surface area contributed by atoms with Gasteiger partial charge in [-0.15, -0.1) is 0 Å². The highest BCUT2D eigenvalue weighted by Gasteiger charge is 2.00. The predicted molar refractivity (Wildman–Crippen MR) is 78.2 cm³/mol. The second-order valence-electron chi connectivity index (χ2n) is 4.90. The molecule has 5 heteroatoms. The summed E-state index contributed by atoms with van der Waals surface area (Å²) >= 11 is 0. The lowest BCUT2D eigenvalue weighted by atomic mass is 10.1. The summed E-state index contributed by atoms with van der Waals surface area (Å²) in [6.45, 7) is 9.02. The van der Waals surface area contributed by atoms with Crippen molar-refractivity contribution >= 4 is 5.96 Å². The van der Waals surface area contributed by atoms with Crippen molar-refractivity contribution in [2.75, 3.05) is 54.0 Å². The lowest BCUT2D eigenvalue weighted by Crippen LogP contribution is -2.41. The molecule has 0 aliphatic rings. The minimum absolute atomic E-state index is 0.718. The topological polar surface area (TPSA) is 48.9 Å². The first-order valence-electron chi connectivity index (χ1n) is 6.72. The molecule has 0 aromatic rings. The van der Waals surface area contributed by atoms with Gasteiger partial charge in [0.2, 0.25) is 0 Å². The highest BCUT2D eigenvalue weighted by molar-refractivity contribution is 5.79. The second kappa shape index (κ2) is 11.3. The zero-order valence-corrected chi connectivity index (χ0v) is 12.6. The van der Waals surface area contributed by atoms with Gasteiger partial charge in [0.05, 0.1) is 6.61 Å². The fourth-order valence-corrected chi connectivity index (χ4v) is 1.42. The first-order valence-corrected chi connectivity index (χ1v) is 6.72. The van der Waals surface area contributed by atoms with Gasteiger partial charge in [-0.25, -0.2) is 0 Å². The van der Waals surface area contributed by atoms with Crippen LogP contribution < -0.4 is 10.6 Å². The summed E-state index contributed by atoms with van der Waals surface area (Å²) in [5.74, 6) is 1.60. The highest BCUT2D eigenvalue weighted by Crippen LogP contribution is 1.95. The van der Waals surface area contributed by atoms with E-state index in [4.69, 9.17) is 4.74 Å². The van der Waals surface area contributed by atoms with Gasteiger partial charge in [0.1, 0.15) is 0 Å². The Kier molecular flexibility index (Phi) is 10.8. The van der Waals surface area contributed by atoms with E-state index in [1.165, 1.54) is 0 Å². The minimum Gasteiger partial charge on any atom is -0.383 e. The summed E-state index contributed by atoms with van der Waals surface area (Å²) in [6, 6.07) is 0. The third-order valence-corrected chi connectivity index (χ3v) is 2.70. The molecule has 0 heterocycles. The number of aliphatic imine (C=N–C) groups is 1. The van der Waals surface area contributed by atoms with Crippen LogP contribution in [0.25, 0.3) is 0 Å². The van der Waals surface area contributed by atoms with Crippen molar-refractivity contribution in [3.05, 3.63) is 0 Å². The molecule has 0 saturated carbocycles. The molecule has 0 aromatic carbocycles. The number of methoxy groups -OCH3 is 1. The largest absolute Gasteiger partial charge is 0.383 e. The smallest absolute Gasteiger partial charge is 0.191 e. The molecule has 18 heavy (non-hydrogen) atoms. The van der Waals surface area contributed by atoms with Gasteiger partial charge in [-0.3, -0.25) is 4.99 Å². The standard InChI is InChI=1S/C13H30N4O/c1-12(2)6-7-15-13(14-3)16-8-9-17(4)10-11-18-5/h12H,6-11H2,1-5H3,(H2,14,15,16). The minimum atomic E-state index is 0.718. The van der Waals surface area contributed by atoms with E-state index in [1.54, 1.807) is 14.2 Å². The quantitative estimate of drug-likeness (QED) is 0.474. The maximum absolute atomic E-state index is 5.04. The Morgan fingerprint density at radius 3 is 2.44 bits per heavy atom. The molecule has 108 valence electrons. The molecule has 0 rings (SSSR count). The monoisotopic (exact) mass is 258 g/mol. The Morgan fingerprint density at radius 1 is 1.22 bits per heavy atom. The van der Waals surface area contributed by atoms with Crippen LogP contribution in [0.15, 0.2) is 4.99 Å². The summed E-state index contributed by atoms with van der Waals surface area (Å²) in [6.07, 6.45) is 1.16. The van der Waals surface area contributed by atoms with Gasteiger partial charge in [0, 0.05) is 40.3 Å². The molecule has 0 aliphatic heterocycles. The second-order valence-corrected chi connectivity index (χ2v) is 4.90. The van der Waals surface area contributed by atoms with Crippen molar-refractivity contribution in [1.29, 1.82) is 0 Å². The number of likely N-dealkylation sites (N-methyl/N-ethyl adjacent to an activating group) is 1. The molecular weight excluding hydrogens is 228 g/mol. The van der Waals surface area contributed by atoms with Gasteiger partial charge in [-0.05, 0) is 19.4 Å². The van der Waals surface area contributed by atoms with Gasteiger partial charge in [0.25, 0.3) is 0 Å². The van der Waals surface area contributed by atoms with Crippen molar-refractivity contribution in [2.45, 2.75) is 20.3 Å². The van der Waals surface area contributed by atoms with E-state index in [-0.39, 0.29) is 0 Å². The Balaban J connectivity index is 3.61. The third kappa shape index (κ3) is 10.4. The molecule has 0 amide bonds. The summed E-state index contributed by atoms with van der Waals surface area (Å²) < 4.78 is 5.04. The molecule has 5 nitrogen and oxygen atoms in total. The normalized spacial score (nSPS) is 12.3. The number of hydrogen-bond acceptors (Lipinski definition) is 3. The van der Waals surface area contributed by atoms with Gasteiger partial charge >= 0.3 is 0 Å². The number of guanidine groups is 1. The first kappa shape index (κ1) is 17.2. The van der Waals surface area contributed by atoms with Crippen molar-refractivity contribution in [1.82, 2.24) is 15.5 Å². The SMILES string of the molecule is CN=C(NCCC(C)C)NCCN(C)CCOC. The molecule has 0 saturated heterocycles. The summed E-state index contributed by atoms with van der Waals surface area (Å²) in [4.78, 5) is 6.43. The molecule has 0 atom stereocenters. The maximum atomic E-state index is 5.04. The summed E-state index contributed by atoms with van der Waals surface area (Å²) in [5, 5.41) is 6.62. The highest BCUT2D eigenvalue weighted by atomic mass is 16.5. The van der Waals surface area contributed by atoms with Crippen LogP contribution in [0.4, 0.5) is 0 Å². The van der Waals surface area contributed by atoms with Gasteiger partial charge in [-0.1, -0.05) is 13.8 Å². The third-order valence-electron chi connectivity index (χ3n) is 2.70. The van der Waals surface area contributed by atoms with E-state index in [9.17, 15) is 0 Å². The molecule has 0 bridgehead atoms. The van der Waals surface area contributed by atoms with Crippen LogP contribution in [0, 0.1) is 5.92 Å². The van der Waals surface area contributed by atoms with Crippen LogP contribution in [0.1, 0.15) is 20.3 Å². The maximum Gasteiger partial charge on any atom is 0.191 e. The Morgan fingerprint density at radius 2 is 1.89 bits per heavy atom. The average Bonchev–Trinajstić information content (AvgIpc) is 2.34. The molecule has 0 spiro atoms. The molecule has 0 fully saturated rings. The molecule has 0 aromatic heterocycles. The van der Waals surface area contributed by atoms with Crippen LogP contribution in [0.2, 0.25) is 0 Å². The Bertz CT molecular complexity index is 219. The van der Waals surface area contributed by atoms with Crippen LogP contribution in [0.5, 0.6) is 0 Å². The van der Waals surface area contributed by atoms with E-state index in [0.717, 1.165) is 51.1 Å². The van der Waals surface area contributed by atoms with E-state index in [0.29, 0.717) is 0 Å². The van der Waals surface area contributed by atoms with Gasteiger partial charge < -0.3 is 20.3 Å². The summed E-state index contributed by atoms with van der Waals surface area (Å²) in [5.41, 5.74) is 0. The van der Waals surface area contributed by atoms with E-state index < -0.39 is 0 Å². The van der Waals surface area contributed by atoms with Crippen molar-refractivity contribution in [2.24, 2.45) is 10.9 Å². The van der Waals surface area contributed by atoms with E-state index in [1.807, 2.05) is 0 Å². The first-order chi connectivity index (χ1) is 8.60. The number of hydrogen-bond donors (Lipinski definition) is 2. The van der Waals surface area contributed by atoms with E-state index in [2.05, 4.69) is 41.4 Å². The molecule has 0 unspecified atom stereocenters. The zero-order valence-electron chi connectivity index (χ0n) is 12.6. The summed E-state index contributed by atoms with van der Waals surface area (Å²) in [7, 11) is 5.63. The number of rotatable bonds is 9. The molecule has 0 radical (unpaired) electrons. The molecular formula is C13H30N4O. The van der Waals surface area contributed by atoms with E-state index >= 15 is 0 Å². The van der Waals surface area contributed by atoms with Gasteiger partial charge in [0.15, 0.2) is 5.96 Å². The predicted octanol–water partition coefficient (Wildman–Crippen LogP) is 0.776. The Labute approximate surface area is 112 Å². The number of ether oxygens (including phenoxy) is 1. The lowest BCUT2D eigenvalue weighted by Gasteiger charge is -2.18. The lowest BCUT2D eigenvalue weighted by molar-refractivity contribution is 0.162. The van der Waals surface area contributed by atoms with Crippen LogP contribution >= 0.6 is 0 Å². The number of nitrogens with one attached hydrogen (secondary N) is 2. The Hall–Kier alpha value is -0.810. The van der Waals surface area contributed by atoms with Crippen LogP contribution in [0.3, 0.4) is 0 Å². The zero-order chi connectivity index (χ0) is 13.8.